The minimum atomic E-state index is -0.304. The maximum atomic E-state index is 11.3. The van der Waals surface area contributed by atoms with Gasteiger partial charge in [-0.05, 0) is 31.0 Å². The first-order valence-corrected chi connectivity index (χ1v) is 8.47. The van der Waals surface area contributed by atoms with E-state index < -0.39 is 0 Å². The van der Waals surface area contributed by atoms with Crippen molar-refractivity contribution in [3.05, 3.63) is 47.8 Å². The zero-order valence-electron chi connectivity index (χ0n) is 14.1. The summed E-state index contributed by atoms with van der Waals surface area (Å²) in [5.74, 6) is 1.39. The highest BCUT2D eigenvalue weighted by Gasteiger charge is 2.14. The molecule has 0 aliphatic heterocycles. The molecule has 0 atom stereocenters. The summed E-state index contributed by atoms with van der Waals surface area (Å²) in [4.78, 5) is 11.3. The second-order valence-corrected chi connectivity index (χ2v) is 6.09. The molecule has 0 bridgehead atoms. The molecular formula is C17H21N3O3S. The van der Waals surface area contributed by atoms with Crippen LogP contribution in [0.15, 0.2) is 36.0 Å². The predicted molar refractivity (Wildman–Crippen MR) is 93.2 cm³/mol. The van der Waals surface area contributed by atoms with Crippen molar-refractivity contribution in [2.75, 3.05) is 12.9 Å². The number of carbonyl (C=O) groups is 1. The third kappa shape index (κ3) is 4.38. The van der Waals surface area contributed by atoms with E-state index in [1.165, 1.54) is 24.4 Å². The highest BCUT2D eigenvalue weighted by atomic mass is 32.2. The summed E-state index contributed by atoms with van der Waals surface area (Å²) in [5, 5.41) is 8.95. The molecule has 1 aromatic carbocycles. The molecule has 24 heavy (non-hydrogen) atoms. The Morgan fingerprint density at radius 1 is 1.38 bits per heavy atom. The van der Waals surface area contributed by atoms with Gasteiger partial charge in [0, 0.05) is 6.54 Å². The van der Waals surface area contributed by atoms with Gasteiger partial charge in [0.1, 0.15) is 12.4 Å². The smallest absolute Gasteiger partial charge is 0.316 e. The van der Waals surface area contributed by atoms with E-state index in [-0.39, 0.29) is 11.7 Å². The third-order valence-corrected chi connectivity index (χ3v) is 4.50. The lowest BCUT2D eigenvalue weighted by Gasteiger charge is -2.11. The molecule has 7 heteroatoms. The van der Waals surface area contributed by atoms with Crippen molar-refractivity contribution in [3.63, 3.8) is 0 Å². The number of rotatable bonds is 8. The molecule has 0 spiro atoms. The summed E-state index contributed by atoms with van der Waals surface area (Å²) in [6.07, 6.45) is 1.76. The van der Waals surface area contributed by atoms with Gasteiger partial charge in [-0.2, -0.15) is 0 Å². The van der Waals surface area contributed by atoms with Crippen LogP contribution in [-0.2, 0) is 22.7 Å². The van der Waals surface area contributed by atoms with Gasteiger partial charge in [-0.3, -0.25) is 9.36 Å². The third-order valence-electron chi connectivity index (χ3n) is 3.56. The number of ether oxygens (including phenoxy) is 2. The number of aromatic nitrogens is 3. The van der Waals surface area contributed by atoms with Gasteiger partial charge in [0.15, 0.2) is 11.0 Å². The number of methoxy groups -OCH3 is 1. The molecule has 1 heterocycles. The van der Waals surface area contributed by atoms with Crippen LogP contribution in [0, 0.1) is 13.8 Å². The van der Waals surface area contributed by atoms with Gasteiger partial charge in [0.25, 0.3) is 0 Å². The fourth-order valence-corrected chi connectivity index (χ4v) is 2.85. The number of esters is 1. The van der Waals surface area contributed by atoms with Crippen LogP contribution >= 0.6 is 11.8 Å². The molecule has 128 valence electrons. The number of aryl methyl sites for hydroxylation is 1. The Bertz CT molecular complexity index is 728. The second kappa shape index (κ2) is 8.54. The minimum Gasteiger partial charge on any atom is -0.485 e. The van der Waals surface area contributed by atoms with E-state index in [1.807, 2.05) is 36.6 Å². The van der Waals surface area contributed by atoms with Gasteiger partial charge in [-0.15, -0.1) is 16.8 Å². The van der Waals surface area contributed by atoms with Gasteiger partial charge >= 0.3 is 5.97 Å². The zero-order valence-corrected chi connectivity index (χ0v) is 14.9. The topological polar surface area (TPSA) is 66.2 Å². The number of nitrogens with zero attached hydrogens (tertiary/aromatic N) is 3. The minimum absolute atomic E-state index is 0.184. The summed E-state index contributed by atoms with van der Waals surface area (Å²) in [5.41, 5.74) is 2.28. The van der Waals surface area contributed by atoms with Gasteiger partial charge in [0.2, 0.25) is 0 Å². The van der Waals surface area contributed by atoms with Crippen LogP contribution in [0.4, 0.5) is 0 Å². The van der Waals surface area contributed by atoms with Gasteiger partial charge in [-0.25, -0.2) is 0 Å². The number of carbonyl (C=O) groups excluding carboxylic acids is 1. The molecule has 0 saturated heterocycles. The fourth-order valence-electron chi connectivity index (χ4n) is 2.05. The molecule has 0 fully saturated rings. The van der Waals surface area contributed by atoms with Gasteiger partial charge in [-0.1, -0.05) is 30.0 Å². The highest BCUT2D eigenvalue weighted by molar-refractivity contribution is 7.99. The molecule has 6 nitrogen and oxygen atoms in total. The van der Waals surface area contributed by atoms with E-state index in [9.17, 15) is 4.79 Å². The first kappa shape index (κ1) is 18.1. The number of hydrogen-bond acceptors (Lipinski definition) is 6. The monoisotopic (exact) mass is 347 g/mol. The number of allylic oxidation sites excluding steroid dienone is 1. The normalized spacial score (nSPS) is 10.5. The Kier molecular flexibility index (Phi) is 6.43. The summed E-state index contributed by atoms with van der Waals surface area (Å²) in [7, 11) is 1.36. The lowest BCUT2D eigenvalue weighted by atomic mass is 10.1. The second-order valence-electron chi connectivity index (χ2n) is 5.15. The van der Waals surface area contributed by atoms with E-state index in [0.717, 1.165) is 11.3 Å². The van der Waals surface area contributed by atoms with Crippen LogP contribution in [0.1, 0.15) is 17.0 Å². The maximum Gasteiger partial charge on any atom is 0.316 e. The summed E-state index contributed by atoms with van der Waals surface area (Å²) in [6, 6.07) is 5.94. The molecule has 2 aromatic rings. The van der Waals surface area contributed by atoms with Gasteiger partial charge < -0.3 is 9.47 Å². The van der Waals surface area contributed by atoms with Crippen LogP contribution in [0.2, 0.25) is 0 Å². The molecule has 0 aliphatic rings. The SMILES string of the molecule is C=CCn1c(COc2cccc(C)c2C)nnc1SCC(=O)OC. The lowest BCUT2D eigenvalue weighted by Crippen LogP contribution is -2.09. The molecule has 2 rings (SSSR count). The van der Waals surface area contributed by atoms with Crippen LogP contribution in [0.25, 0.3) is 0 Å². The van der Waals surface area contributed by atoms with E-state index in [2.05, 4.69) is 21.5 Å². The average Bonchev–Trinajstić information content (AvgIpc) is 2.96. The fraction of sp³-hybridized carbons (Fsp3) is 0.353. The first-order valence-electron chi connectivity index (χ1n) is 7.48. The molecule has 0 radical (unpaired) electrons. The largest absolute Gasteiger partial charge is 0.485 e. The molecule has 1 aromatic heterocycles. The van der Waals surface area contributed by atoms with Crippen LogP contribution in [0.5, 0.6) is 5.75 Å². The van der Waals surface area contributed by atoms with Crippen molar-refractivity contribution in [2.45, 2.75) is 32.2 Å². The van der Waals surface area contributed by atoms with Crippen molar-refractivity contribution in [1.82, 2.24) is 14.8 Å². The first-order chi connectivity index (χ1) is 11.6. The van der Waals surface area contributed by atoms with Gasteiger partial charge in [0.05, 0.1) is 12.9 Å². The highest BCUT2D eigenvalue weighted by Crippen LogP contribution is 2.23. The predicted octanol–water partition coefficient (Wildman–Crippen LogP) is 2.93. The van der Waals surface area contributed by atoms with Crippen LogP contribution < -0.4 is 4.74 Å². The van der Waals surface area contributed by atoms with E-state index in [0.29, 0.717) is 24.1 Å². The average molecular weight is 347 g/mol. The van der Waals surface area contributed by atoms with Crippen molar-refractivity contribution in [3.8, 4) is 5.75 Å². The Labute approximate surface area is 145 Å². The van der Waals surface area contributed by atoms with E-state index >= 15 is 0 Å². The number of hydrogen-bond donors (Lipinski definition) is 0. The van der Waals surface area contributed by atoms with Crippen molar-refractivity contribution in [2.24, 2.45) is 0 Å². The van der Waals surface area contributed by atoms with Crippen molar-refractivity contribution >= 4 is 17.7 Å². The molecular weight excluding hydrogens is 326 g/mol. The molecule has 0 aliphatic carbocycles. The standard InChI is InChI=1S/C17H21N3O3S/c1-5-9-20-15(18-19-17(20)24-11-16(21)22-4)10-23-14-8-6-7-12(2)13(14)3/h5-8H,1,9-11H2,2-4H3. The van der Waals surface area contributed by atoms with Crippen molar-refractivity contribution in [1.29, 1.82) is 0 Å². The number of benzene rings is 1. The van der Waals surface area contributed by atoms with Crippen LogP contribution in [-0.4, -0.2) is 33.6 Å². The molecule has 0 N–H and O–H groups in total. The van der Waals surface area contributed by atoms with E-state index in [1.54, 1.807) is 6.08 Å². The number of thioether (sulfide) groups is 1. The Morgan fingerprint density at radius 2 is 2.17 bits per heavy atom. The quantitative estimate of drug-likeness (QED) is 0.415. The Balaban J connectivity index is 2.11. The molecule has 0 unspecified atom stereocenters. The van der Waals surface area contributed by atoms with Crippen molar-refractivity contribution < 1.29 is 14.3 Å². The lowest BCUT2D eigenvalue weighted by molar-refractivity contribution is -0.137. The molecule has 0 saturated carbocycles. The Hall–Kier alpha value is -2.28. The maximum absolute atomic E-state index is 11.3. The van der Waals surface area contributed by atoms with E-state index in [4.69, 9.17) is 4.74 Å². The molecule has 0 amide bonds. The summed E-state index contributed by atoms with van der Waals surface area (Å²) in [6.45, 7) is 8.66. The summed E-state index contributed by atoms with van der Waals surface area (Å²) < 4.78 is 12.4. The summed E-state index contributed by atoms with van der Waals surface area (Å²) >= 11 is 1.28. The van der Waals surface area contributed by atoms with Crippen LogP contribution in [0.3, 0.4) is 0 Å². The zero-order chi connectivity index (χ0) is 17.5. The Morgan fingerprint density at radius 3 is 2.88 bits per heavy atom.